The minimum Gasteiger partial charge on any atom is -0.147 e. The Hall–Kier alpha value is 0.700. The summed E-state index contributed by atoms with van der Waals surface area (Å²) in [4.78, 5) is 0. The first-order chi connectivity index (χ1) is 3.43. The molecule has 1 aliphatic rings. The summed E-state index contributed by atoms with van der Waals surface area (Å²) in [7, 11) is 0. The molecule has 0 aromatic heterocycles. The summed E-state index contributed by atoms with van der Waals surface area (Å²) in [6.07, 6.45) is 1.34. The lowest BCUT2D eigenvalue weighted by Crippen LogP contribution is -1.76. The van der Waals surface area contributed by atoms with Crippen molar-refractivity contribution in [3.05, 3.63) is 0 Å². The van der Waals surface area contributed by atoms with E-state index >= 15 is 0 Å². The fraction of sp³-hybridized carbons (Fsp3) is 1.00. The molecule has 42 valence electrons. The number of hydrogen-bond acceptors (Lipinski definition) is 2. The summed E-state index contributed by atoms with van der Waals surface area (Å²) in [5.41, 5.74) is 0. The molecule has 2 heteroatoms. The Morgan fingerprint density at radius 1 is 1.86 bits per heavy atom. The Kier molecular flexibility index (Phi) is 2.40. The highest BCUT2D eigenvalue weighted by molar-refractivity contribution is 8.23. The minimum atomic E-state index is 0.986. The average molecular weight is 134 g/mol. The van der Waals surface area contributed by atoms with Crippen molar-refractivity contribution in [2.75, 3.05) is 11.5 Å². The van der Waals surface area contributed by atoms with E-state index in [0.29, 0.717) is 0 Å². The first kappa shape index (κ1) is 5.83. The van der Waals surface area contributed by atoms with Gasteiger partial charge in [-0.15, -0.1) is 23.5 Å². The third-order valence-corrected chi connectivity index (χ3v) is 3.66. The Morgan fingerprint density at radius 3 is 3.00 bits per heavy atom. The standard InChI is InChI=1S/C5H10S2/c1-2-3-6-5-4-7-5/h5H,2-4H2,1H3/t5-/m0/s1. The largest absolute Gasteiger partial charge is 0.147 e. The first-order valence-electron chi connectivity index (χ1n) is 2.66. The van der Waals surface area contributed by atoms with Gasteiger partial charge in [0.1, 0.15) is 0 Å². The van der Waals surface area contributed by atoms with Crippen molar-refractivity contribution in [3.63, 3.8) is 0 Å². The summed E-state index contributed by atoms with van der Waals surface area (Å²) in [5, 5.41) is 0. The molecule has 1 fully saturated rings. The molecule has 7 heavy (non-hydrogen) atoms. The Bertz CT molecular complexity index is 50.0. The fourth-order valence-electron chi connectivity index (χ4n) is 0.385. The van der Waals surface area contributed by atoms with E-state index < -0.39 is 0 Å². The van der Waals surface area contributed by atoms with Gasteiger partial charge in [0, 0.05) is 5.75 Å². The molecule has 0 aliphatic carbocycles. The van der Waals surface area contributed by atoms with Crippen LogP contribution in [0.15, 0.2) is 0 Å². The smallest absolute Gasteiger partial charge is 0.0593 e. The monoisotopic (exact) mass is 134 g/mol. The zero-order valence-electron chi connectivity index (χ0n) is 4.52. The van der Waals surface area contributed by atoms with Crippen molar-refractivity contribution in [2.45, 2.75) is 17.9 Å². The van der Waals surface area contributed by atoms with Crippen molar-refractivity contribution in [2.24, 2.45) is 0 Å². The molecule has 1 saturated heterocycles. The van der Waals surface area contributed by atoms with Crippen LogP contribution in [-0.4, -0.2) is 16.1 Å². The van der Waals surface area contributed by atoms with Crippen LogP contribution in [0.3, 0.4) is 0 Å². The van der Waals surface area contributed by atoms with Crippen LogP contribution in [0.5, 0.6) is 0 Å². The van der Waals surface area contributed by atoms with Gasteiger partial charge in [-0.2, -0.15) is 0 Å². The lowest BCUT2D eigenvalue weighted by Gasteiger charge is -1.88. The van der Waals surface area contributed by atoms with Gasteiger partial charge in [-0.3, -0.25) is 0 Å². The van der Waals surface area contributed by atoms with Gasteiger partial charge in [-0.05, 0) is 12.2 Å². The van der Waals surface area contributed by atoms with Gasteiger partial charge in [-0.1, -0.05) is 6.92 Å². The summed E-state index contributed by atoms with van der Waals surface area (Å²) >= 11 is 4.18. The molecule has 0 spiro atoms. The highest BCUT2D eigenvalue weighted by atomic mass is 32.2. The second kappa shape index (κ2) is 2.88. The van der Waals surface area contributed by atoms with E-state index in [1.807, 2.05) is 0 Å². The Morgan fingerprint density at radius 2 is 2.57 bits per heavy atom. The van der Waals surface area contributed by atoms with Crippen LogP contribution in [0.1, 0.15) is 13.3 Å². The van der Waals surface area contributed by atoms with Gasteiger partial charge in [0.05, 0.1) is 4.58 Å². The molecule has 0 bridgehead atoms. The summed E-state index contributed by atoms with van der Waals surface area (Å²) < 4.78 is 0.986. The third kappa shape index (κ3) is 2.50. The Labute approximate surface area is 53.4 Å². The highest BCUT2D eigenvalue weighted by Gasteiger charge is 2.21. The molecule has 0 N–H and O–H groups in total. The maximum atomic E-state index is 2.24. The van der Waals surface area contributed by atoms with E-state index in [4.69, 9.17) is 0 Å². The quantitative estimate of drug-likeness (QED) is 0.543. The topological polar surface area (TPSA) is 0 Å². The zero-order valence-corrected chi connectivity index (χ0v) is 6.15. The third-order valence-electron chi connectivity index (χ3n) is 0.811. The second-order valence-electron chi connectivity index (χ2n) is 1.63. The first-order valence-corrected chi connectivity index (χ1v) is 4.76. The van der Waals surface area contributed by atoms with Crippen molar-refractivity contribution in [3.8, 4) is 0 Å². The fourth-order valence-corrected chi connectivity index (χ4v) is 2.26. The van der Waals surface area contributed by atoms with Gasteiger partial charge in [-0.25, -0.2) is 0 Å². The SMILES string of the molecule is CCCS[C@@H]1CS1. The molecule has 1 aliphatic heterocycles. The average Bonchev–Trinajstić information content (AvgIpc) is 2.42. The molecule has 0 amide bonds. The number of hydrogen-bond donors (Lipinski definition) is 0. The summed E-state index contributed by atoms with van der Waals surface area (Å²) in [6, 6.07) is 0. The summed E-state index contributed by atoms with van der Waals surface area (Å²) in [6.45, 7) is 2.24. The van der Waals surface area contributed by atoms with E-state index in [2.05, 4.69) is 30.4 Å². The van der Waals surface area contributed by atoms with E-state index in [1.54, 1.807) is 0 Å². The van der Waals surface area contributed by atoms with Crippen molar-refractivity contribution < 1.29 is 0 Å². The molecule has 0 saturated carbocycles. The van der Waals surface area contributed by atoms with E-state index in [-0.39, 0.29) is 0 Å². The van der Waals surface area contributed by atoms with Gasteiger partial charge in [0.15, 0.2) is 0 Å². The zero-order chi connectivity index (χ0) is 5.11. The van der Waals surface area contributed by atoms with Crippen LogP contribution in [0, 0.1) is 0 Å². The van der Waals surface area contributed by atoms with Crippen LogP contribution in [0.4, 0.5) is 0 Å². The van der Waals surface area contributed by atoms with Crippen LogP contribution in [0.2, 0.25) is 0 Å². The Balaban J connectivity index is 1.80. The van der Waals surface area contributed by atoms with E-state index in [1.165, 1.54) is 17.9 Å². The molecule has 0 aromatic rings. The molecular weight excluding hydrogens is 124 g/mol. The molecule has 0 nitrogen and oxygen atoms in total. The predicted octanol–water partition coefficient (Wildman–Crippen LogP) is 2.20. The van der Waals surface area contributed by atoms with Gasteiger partial charge in [0.25, 0.3) is 0 Å². The van der Waals surface area contributed by atoms with Crippen molar-refractivity contribution >= 4 is 23.5 Å². The molecule has 0 aromatic carbocycles. The normalized spacial score (nSPS) is 27.9. The van der Waals surface area contributed by atoms with E-state index in [0.717, 1.165) is 4.58 Å². The highest BCUT2D eigenvalue weighted by Crippen LogP contribution is 2.39. The lowest BCUT2D eigenvalue weighted by molar-refractivity contribution is 1.11. The molecule has 1 rings (SSSR count). The minimum absolute atomic E-state index is 0.986. The van der Waals surface area contributed by atoms with Gasteiger partial charge < -0.3 is 0 Å². The van der Waals surface area contributed by atoms with Crippen LogP contribution in [-0.2, 0) is 0 Å². The van der Waals surface area contributed by atoms with Crippen LogP contribution in [0.25, 0.3) is 0 Å². The van der Waals surface area contributed by atoms with Gasteiger partial charge in [0.2, 0.25) is 0 Å². The lowest BCUT2D eigenvalue weighted by atomic mass is 10.6. The van der Waals surface area contributed by atoms with E-state index in [9.17, 15) is 0 Å². The van der Waals surface area contributed by atoms with Crippen LogP contribution >= 0.6 is 23.5 Å². The van der Waals surface area contributed by atoms with Crippen LogP contribution < -0.4 is 0 Å². The molecular formula is C5H10S2. The van der Waals surface area contributed by atoms with Crippen molar-refractivity contribution in [1.29, 1.82) is 0 Å². The maximum Gasteiger partial charge on any atom is 0.0593 e. The molecule has 0 unspecified atom stereocenters. The molecule has 1 atom stereocenters. The number of rotatable bonds is 3. The second-order valence-corrected chi connectivity index (χ2v) is 4.48. The molecule has 1 heterocycles. The maximum absolute atomic E-state index is 2.24. The number of thioether (sulfide) groups is 2. The predicted molar refractivity (Wildman–Crippen MR) is 39.0 cm³/mol. The van der Waals surface area contributed by atoms with Crippen molar-refractivity contribution in [1.82, 2.24) is 0 Å². The molecule has 0 radical (unpaired) electrons. The van der Waals surface area contributed by atoms with Gasteiger partial charge >= 0.3 is 0 Å². The summed E-state index contributed by atoms with van der Waals surface area (Å²) in [5.74, 6) is 2.77.